The second-order valence-corrected chi connectivity index (χ2v) is 7.30. The molecule has 3 N–H and O–H groups in total. The lowest BCUT2D eigenvalue weighted by Crippen LogP contribution is -2.52. The highest BCUT2D eigenvalue weighted by Gasteiger charge is 2.32. The molecule has 1 aromatic rings. The van der Waals surface area contributed by atoms with Gasteiger partial charge in [-0.1, -0.05) is 12.1 Å². The summed E-state index contributed by atoms with van der Waals surface area (Å²) in [6.45, 7) is 0.519. The molecule has 1 aromatic carbocycles. The highest BCUT2D eigenvalue weighted by Crippen LogP contribution is 2.22. The van der Waals surface area contributed by atoms with Crippen molar-refractivity contribution in [1.29, 1.82) is 0 Å². The van der Waals surface area contributed by atoms with Gasteiger partial charge in [0.05, 0.1) is 38.8 Å². The number of ether oxygens (including phenoxy) is 2. The maximum atomic E-state index is 12.2. The van der Waals surface area contributed by atoms with Crippen LogP contribution in [-0.4, -0.2) is 74.4 Å². The molecule has 0 spiro atoms. The summed E-state index contributed by atoms with van der Waals surface area (Å²) in [5.74, 6) is 0.563. The summed E-state index contributed by atoms with van der Waals surface area (Å²) in [6, 6.07) is 7.26. The van der Waals surface area contributed by atoms with Gasteiger partial charge in [0.15, 0.2) is 0 Å². The van der Waals surface area contributed by atoms with Crippen LogP contribution in [0, 0.1) is 0 Å². The molecule has 2 rings (SSSR count). The van der Waals surface area contributed by atoms with Crippen LogP contribution in [0.3, 0.4) is 0 Å². The first-order chi connectivity index (χ1) is 13.4. The first-order valence-electron chi connectivity index (χ1n) is 9.51. The molecule has 28 heavy (non-hydrogen) atoms. The van der Waals surface area contributed by atoms with Crippen molar-refractivity contribution in [2.24, 2.45) is 0 Å². The van der Waals surface area contributed by atoms with Crippen LogP contribution in [-0.2, 0) is 20.9 Å². The zero-order valence-electron chi connectivity index (χ0n) is 16.8. The van der Waals surface area contributed by atoms with Gasteiger partial charge in [-0.2, -0.15) is 0 Å². The van der Waals surface area contributed by atoms with Crippen LogP contribution in [0.4, 0.5) is 0 Å². The quantitative estimate of drug-likeness (QED) is 0.558. The number of likely N-dealkylation sites (N-methyl/N-ethyl adjacent to an activating group) is 1. The van der Waals surface area contributed by atoms with Gasteiger partial charge in [0.25, 0.3) is 0 Å². The highest BCUT2D eigenvalue weighted by molar-refractivity contribution is 5.78. The summed E-state index contributed by atoms with van der Waals surface area (Å²) in [4.78, 5) is 26.0. The number of hydrogen-bond donors (Lipinski definition) is 3. The molecular formula is C20H31N3O5. The highest BCUT2D eigenvalue weighted by atomic mass is 16.5. The molecule has 1 saturated heterocycles. The van der Waals surface area contributed by atoms with Crippen LogP contribution in [0.15, 0.2) is 24.3 Å². The molecule has 0 unspecified atom stereocenters. The molecule has 3 atom stereocenters. The average Bonchev–Trinajstić information content (AvgIpc) is 2.67. The van der Waals surface area contributed by atoms with E-state index in [0.717, 1.165) is 11.3 Å². The number of carbonyl (C=O) groups excluding carboxylic acids is 2. The van der Waals surface area contributed by atoms with E-state index < -0.39 is 6.10 Å². The number of benzene rings is 1. The summed E-state index contributed by atoms with van der Waals surface area (Å²) >= 11 is 0. The third kappa shape index (κ3) is 7.10. The van der Waals surface area contributed by atoms with Gasteiger partial charge < -0.3 is 30.1 Å². The first-order valence-corrected chi connectivity index (χ1v) is 9.51. The second-order valence-electron chi connectivity index (χ2n) is 7.30. The second kappa shape index (κ2) is 11.0. The number of hydrogen-bond acceptors (Lipinski definition) is 6. The van der Waals surface area contributed by atoms with E-state index >= 15 is 0 Å². The van der Waals surface area contributed by atoms with Gasteiger partial charge in [0.1, 0.15) is 11.9 Å². The Labute approximate surface area is 166 Å². The number of aliphatic hydroxyl groups is 1. The third-order valence-corrected chi connectivity index (χ3v) is 4.66. The van der Waals surface area contributed by atoms with Crippen LogP contribution in [0.5, 0.6) is 5.75 Å². The Kier molecular flexibility index (Phi) is 8.69. The molecule has 1 aliphatic heterocycles. The van der Waals surface area contributed by atoms with Crippen molar-refractivity contribution in [3.8, 4) is 5.75 Å². The van der Waals surface area contributed by atoms with E-state index in [1.165, 1.54) is 0 Å². The van der Waals surface area contributed by atoms with Crippen LogP contribution in [0.2, 0.25) is 0 Å². The summed E-state index contributed by atoms with van der Waals surface area (Å²) in [5.41, 5.74) is 0.982. The van der Waals surface area contributed by atoms with Crippen molar-refractivity contribution in [3.05, 3.63) is 29.8 Å². The van der Waals surface area contributed by atoms with Gasteiger partial charge in [0.2, 0.25) is 11.8 Å². The summed E-state index contributed by atoms with van der Waals surface area (Å²) in [6.07, 6.45) is 0.778. The third-order valence-electron chi connectivity index (χ3n) is 4.66. The largest absolute Gasteiger partial charge is 0.497 e. The molecule has 8 nitrogen and oxygen atoms in total. The summed E-state index contributed by atoms with van der Waals surface area (Å²) in [7, 11) is 5.25. The number of carbonyl (C=O) groups is 2. The monoisotopic (exact) mass is 393 g/mol. The lowest BCUT2D eigenvalue weighted by molar-refractivity contribution is -0.136. The van der Waals surface area contributed by atoms with Crippen molar-refractivity contribution >= 4 is 11.8 Å². The fraction of sp³-hybridized carbons (Fsp3) is 0.600. The van der Waals surface area contributed by atoms with Crippen LogP contribution < -0.4 is 15.4 Å². The fourth-order valence-electron chi connectivity index (χ4n) is 3.21. The van der Waals surface area contributed by atoms with Gasteiger partial charge in [-0.25, -0.2) is 0 Å². The summed E-state index contributed by atoms with van der Waals surface area (Å²) < 4.78 is 11.0. The first kappa shape index (κ1) is 22.1. The van der Waals surface area contributed by atoms with Crippen molar-refractivity contribution in [2.75, 3.05) is 34.4 Å². The predicted octanol–water partition coefficient (Wildman–Crippen LogP) is 0.288. The molecule has 2 amide bonds. The SMILES string of the molecule is COc1ccc(CNC(=O)C[C@H]2CC[C@@H](NC(=O)CN(C)C)[C@@H](CO)O2)cc1. The zero-order valence-corrected chi connectivity index (χ0v) is 16.8. The molecule has 8 heteroatoms. The lowest BCUT2D eigenvalue weighted by Gasteiger charge is -2.36. The van der Waals surface area contributed by atoms with Gasteiger partial charge in [-0.15, -0.1) is 0 Å². The molecule has 0 radical (unpaired) electrons. The maximum Gasteiger partial charge on any atom is 0.234 e. The minimum Gasteiger partial charge on any atom is -0.497 e. The Morgan fingerprint density at radius 3 is 2.54 bits per heavy atom. The van der Waals surface area contributed by atoms with Crippen LogP contribution in [0.1, 0.15) is 24.8 Å². The minimum absolute atomic E-state index is 0.104. The summed E-state index contributed by atoms with van der Waals surface area (Å²) in [5, 5.41) is 15.4. The van der Waals surface area contributed by atoms with Crippen LogP contribution >= 0.6 is 0 Å². The van der Waals surface area contributed by atoms with E-state index in [2.05, 4.69) is 10.6 Å². The number of methoxy groups -OCH3 is 1. The molecule has 0 aliphatic carbocycles. The Morgan fingerprint density at radius 2 is 1.93 bits per heavy atom. The topological polar surface area (TPSA) is 100 Å². The predicted molar refractivity (Wildman–Crippen MR) is 105 cm³/mol. The normalized spacial score (nSPS) is 22.0. The number of aliphatic hydroxyl groups excluding tert-OH is 1. The standard InChI is InChI=1S/C20H31N3O5/c1-23(2)12-20(26)22-17-9-8-16(28-18(17)13-24)10-19(25)21-11-14-4-6-15(27-3)7-5-14/h4-7,16-18,24H,8-13H2,1-3H3,(H,21,25)(H,22,26)/t16-,17-,18-/m1/s1. The molecular weight excluding hydrogens is 362 g/mol. The Bertz CT molecular complexity index is 635. The Balaban J connectivity index is 1.76. The Hall–Kier alpha value is -2.16. The van der Waals surface area contributed by atoms with Crippen molar-refractivity contribution in [2.45, 2.75) is 44.1 Å². The molecule has 1 aliphatic rings. The number of nitrogens with one attached hydrogen (secondary N) is 2. The van der Waals surface area contributed by atoms with Gasteiger partial charge in [-0.05, 0) is 44.6 Å². The molecule has 1 fully saturated rings. The minimum atomic E-state index is -0.501. The lowest BCUT2D eigenvalue weighted by atomic mass is 9.97. The van der Waals surface area contributed by atoms with E-state index in [9.17, 15) is 14.7 Å². The van der Waals surface area contributed by atoms with E-state index in [1.54, 1.807) is 12.0 Å². The van der Waals surface area contributed by atoms with Crippen molar-refractivity contribution in [1.82, 2.24) is 15.5 Å². The van der Waals surface area contributed by atoms with E-state index in [-0.39, 0.29) is 43.5 Å². The average molecular weight is 393 g/mol. The number of amides is 2. The fourth-order valence-corrected chi connectivity index (χ4v) is 3.21. The van der Waals surface area contributed by atoms with Crippen molar-refractivity contribution < 1.29 is 24.2 Å². The van der Waals surface area contributed by atoms with Crippen molar-refractivity contribution in [3.63, 3.8) is 0 Å². The van der Waals surface area contributed by atoms with E-state index in [0.29, 0.717) is 19.4 Å². The van der Waals surface area contributed by atoms with Gasteiger partial charge >= 0.3 is 0 Å². The maximum absolute atomic E-state index is 12.2. The molecule has 0 aromatic heterocycles. The number of nitrogens with zero attached hydrogens (tertiary/aromatic N) is 1. The Morgan fingerprint density at radius 1 is 1.21 bits per heavy atom. The molecule has 1 heterocycles. The zero-order chi connectivity index (χ0) is 20.5. The van der Waals surface area contributed by atoms with Crippen LogP contribution in [0.25, 0.3) is 0 Å². The van der Waals surface area contributed by atoms with Gasteiger partial charge in [-0.3, -0.25) is 9.59 Å². The molecule has 156 valence electrons. The molecule has 0 bridgehead atoms. The smallest absolute Gasteiger partial charge is 0.234 e. The number of rotatable bonds is 9. The van der Waals surface area contributed by atoms with Gasteiger partial charge in [0, 0.05) is 6.54 Å². The van der Waals surface area contributed by atoms with E-state index in [1.807, 2.05) is 38.4 Å². The van der Waals surface area contributed by atoms with E-state index in [4.69, 9.17) is 9.47 Å². The molecule has 0 saturated carbocycles.